The molecule has 0 atom stereocenters. The summed E-state index contributed by atoms with van der Waals surface area (Å²) < 4.78 is 16.8. The van der Waals surface area contributed by atoms with Crippen LogP contribution in [0.4, 0.5) is 0 Å². The molecule has 0 aliphatic carbocycles. The van der Waals surface area contributed by atoms with Crippen molar-refractivity contribution in [2.24, 2.45) is 0 Å². The first kappa shape index (κ1) is 16.0. The third-order valence-electron chi connectivity index (χ3n) is 4.27. The van der Waals surface area contributed by atoms with Gasteiger partial charge in [0.15, 0.2) is 11.5 Å². The summed E-state index contributed by atoms with van der Waals surface area (Å²) in [5.41, 5.74) is 0.740. The summed E-state index contributed by atoms with van der Waals surface area (Å²) in [4.78, 5) is 4.38. The number of pyridine rings is 1. The second-order valence-electron chi connectivity index (χ2n) is 5.80. The molecule has 130 valence electrons. The molecule has 0 spiro atoms. The predicted molar refractivity (Wildman–Crippen MR) is 101 cm³/mol. The van der Waals surface area contributed by atoms with Crippen LogP contribution in [0.15, 0.2) is 60.8 Å². The maximum atomic E-state index is 10.1. The number of aromatic nitrogens is 1. The van der Waals surface area contributed by atoms with E-state index in [1.165, 1.54) is 0 Å². The van der Waals surface area contributed by atoms with Crippen LogP contribution >= 0.6 is 0 Å². The van der Waals surface area contributed by atoms with Gasteiger partial charge < -0.3 is 19.3 Å². The zero-order chi connectivity index (χ0) is 18.1. The number of hydrogen-bond donors (Lipinski definition) is 1. The Kier molecular flexibility index (Phi) is 3.97. The number of aromatic hydroxyl groups is 1. The highest BCUT2D eigenvalue weighted by atomic mass is 16.5. The van der Waals surface area contributed by atoms with Crippen LogP contribution in [-0.2, 0) is 0 Å². The SMILES string of the molecule is COc1cc2nccc(Oc3ccc4cccc(O)c4c3)c2cc1OC. The Balaban J connectivity index is 1.81. The van der Waals surface area contributed by atoms with Gasteiger partial charge in [0.25, 0.3) is 0 Å². The van der Waals surface area contributed by atoms with Crippen LogP contribution in [0.2, 0.25) is 0 Å². The number of phenols is 1. The molecule has 0 bridgehead atoms. The summed E-state index contributed by atoms with van der Waals surface area (Å²) in [5.74, 6) is 2.71. The molecule has 26 heavy (non-hydrogen) atoms. The molecule has 1 N–H and O–H groups in total. The van der Waals surface area contributed by atoms with Crippen LogP contribution in [0.5, 0.6) is 28.7 Å². The standard InChI is InChI=1S/C21H17NO4/c1-24-20-11-16-17(12-21(20)25-2)22-9-8-19(16)26-14-7-6-13-4-3-5-18(23)15(13)10-14/h3-12,23H,1-2H3. The fraction of sp³-hybridized carbons (Fsp3) is 0.0952. The van der Waals surface area contributed by atoms with Gasteiger partial charge in [-0.1, -0.05) is 18.2 Å². The van der Waals surface area contributed by atoms with Crippen LogP contribution in [0.1, 0.15) is 0 Å². The van der Waals surface area contributed by atoms with E-state index >= 15 is 0 Å². The lowest BCUT2D eigenvalue weighted by molar-refractivity contribution is 0.355. The fourth-order valence-corrected chi connectivity index (χ4v) is 2.96. The normalized spacial score (nSPS) is 10.8. The van der Waals surface area contributed by atoms with Crippen LogP contribution in [-0.4, -0.2) is 24.3 Å². The number of hydrogen-bond acceptors (Lipinski definition) is 5. The Morgan fingerprint density at radius 2 is 1.62 bits per heavy atom. The highest BCUT2D eigenvalue weighted by Gasteiger charge is 2.12. The lowest BCUT2D eigenvalue weighted by Crippen LogP contribution is -1.93. The van der Waals surface area contributed by atoms with E-state index in [4.69, 9.17) is 14.2 Å². The molecular formula is C21H17NO4. The second kappa shape index (κ2) is 6.44. The first-order chi connectivity index (χ1) is 12.7. The monoisotopic (exact) mass is 347 g/mol. The van der Waals surface area contributed by atoms with Crippen LogP contribution < -0.4 is 14.2 Å². The number of phenolic OH excluding ortho intramolecular Hbond substituents is 1. The van der Waals surface area contributed by atoms with Crippen molar-refractivity contribution in [2.45, 2.75) is 0 Å². The van der Waals surface area contributed by atoms with E-state index < -0.39 is 0 Å². The Hall–Kier alpha value is -3.47. The van der Waals surface area contributed by atoms with Crippen molar-refractivity contribution in [3.05, 3.63) is 60.8 Å². The zero-order valence-electron chi connectivity index (χ0n) is 14.4. The van der Waals surface area contributed by atoms with Gasteiger partial charge in [0.2, 0.25) is 0 Å². The largest absolute Gasteiger partial charge is 0.507 e. The van der Waals surface area contributed by atoms with Crippen molar-refractivity contribution in [3.8, 4) is 28.7 Å². The molecule has 1 heterocycles. The molecule has 0 amide bonds. The average molecular weight is 347 g/mol. The Morgan fingerprint density at radius 1 is 0.808 bits per heavy atom. The summed E-state index contributed by atoms with van der Waals surface area (Å²) in [6, 6.07) is 16.5. The summed E-state index contributed by atoms with van der Waals surface area (Å²) in [5, 5.41) is 12.6. The number of nitrogens with zero attached hydrogens (tertiary/aromatic N) is 1. The number of methoxy groups -OCH3 is 2. The number of benzene rings is 3. The molecule has 0 aliphatic rings. The molecular weight excluding hydrogens is 330 g/mol. The van der Waals surface area contributed by atoms with Gasteiger partial charge in [-0.05, 0) is 35.7 Å². The van der Waals surface area contributed by atoms with Gasteiger partial charge >= 0.3 is 0 Å². The van der Waals surface area contributed by atoms with Crippen molar-refractivity contribution in [1.82, 2.24) is 4.98 Å². The van der Waals surface area contributed by atoms with Gasteiger partial charge in [0, 0.05) is 23.0 Å². The van der Waals surface area contributed by atoms with Crippen molar-refractivity contribution in [2.75, 3.05) is 14.2 Å². The van der Waals surface area contributed by atoms with Gasteiger partial charge in [-0.2, -0.15) is 0 Å². The van der Waals surface area contributed by atoms with Crippen molar-refractivity contribution in [3.63, 3.8) is 0 Å². The quantitative estimate of drug-likeness (QED) is 0.569. The zero-order valence-corrected chi connectivity index (χ0v) is 14.4. The minimum absolute atomic E-state index is 0.221. The second-order valence-corrected chi connectivity index (χ2v) is 5.80. The van der Waals surface area contributed by atoms with Gasteiger partial charge in [-0.3, -0.25) is 4.98 Å². The van der Waals surface area contributed by atoms with Gasteiger partial charge in [-0.25, -0.2) is 0 Å². The first-order valence-corrected chi connectivity index (χ1v) is 8.10. The highest BCUT2D eigenvalue weighted by molar-refractivity contribution is 5.90. The summed E-state index contributed by atoms with van der Waals surface area (Å²) in [6.07, 6.45) is 1.68. The molecule has 0 saturated heterocycles. The van der Waals surface area contributed by atoms with Gasteiger partial charge in [0.1, 0.15) is 17.2 Å². The number of fused-ring (bicyclic) bond motifs is 2. The molecule has 0 saturated carbocycles. The van der Waals surface area contributed by atoms with Gasteiger partial charge in [-0.15, -0.1) is 0 Å². The van der Waals surface area contributed by atoms with E-state index in [2.05, 4.69) is 4.98 Å². The minimum Gasteiger partial charge on any atom is -0.507 e. The van der Waals surface area contributed by atoms with Crippen LogP contribution in [0, 0.1) is 0 Å². The maximum absolute atomic E-state index is 10.1. The van der Waals surface area contributed by atoms with Crippen molar-refractivity contribution >= 4 is 21.7 Å². The summed E-state index contributed by atoms with van der Waals surface area (Å²) in [6.45, 7) is 0. The fourth-order valence-electron chi connectivity index (χ4n) is 2.96. The molecule has 5 nitrogen and oxygen atoms in total. The van der Waals surface area contributed by atoms with Crippen molar-refractivity contribution < 1.29 is 19.3 Å². The molecule has 0 unspecified atom stereocenters. The van der Waals surface area contributed by atoms with E-state index in [9.17, 15) is 5.11 Å². The van der Waals surface area contributed by atoms with Gasteiger partial charge in [0.05, 0.1) is 19.7 Å². The van der Waals surface area contributed by atoms with E-state index in [-0.39, 0.29) is 5.75 Å². The Labute approximate surface area is 150 Å². The molecule has 1 aromatic heterocycles. The average Bonchev–Trinajstić information content (AvgIpc) is 2.68. The summed E-state index contributed by atoms with van der Waals surface area (Å²) >= 11 is 0. The smallest absolute Gasteiger partial charge is 0.162 e. The Bertz CT molecular complexity index is 1110. The molecule has 0 fully saturated rings. The number of ether oxygens (including phenoxy) is 3. The van der Waals surface area contributed by atoms with Crippen molar-refractivity contribution in [1.29, 1.82) is 0 Å². The predicted octanol–water partition coefficient (Wildman–Crippen LogP) is 4.90. The minimum atomic E-state index is 0.221. The molecule has 4 aromatic rings. The molecule has 0 aliphatic heterocycles. The van der Waals surface area contributed by atoms with Crippen LogP contribution in [0.3, 0.4) is 0 Å². The van der Waals surface area contributed by atoms with E-state index in [0.29, 0.717) is 23.0 Å². The molecule has 4 rings (SSSR count). The van der Waals surface area contributed by atoms with E-state index in [0.717, 1.165) is 21.7 Å². The van der Waals surface area contributed by atoms with Crippen LogP contribution in [0.25, 0.3) is 21.7 Å². The first-order valence-electron chi connectivity index (χ1n) is 8.10. The third-order valence-corrected chi connectivity index (χ3v) is 4.27. The van der Waals surface area contributed by atoms with E-state index in [1.54, 1.807) is 32.5 Å². The van der Waals surface area contributed by atoms with E-state index in [1.807, 2.05) is 42.5 Å². The molecule has 5 heteroatoms. The number of rotatable bonds is 4. The third kappa shape index (κ3) is 2.73. The summed E-state index contributed by atoms with van der Waals surface area (Å²) in [7, 11) is 3.18. The topological polar surface area (TPSA) is 60.8 Å². The highest BCUT2D eigenvalue weighted by Crippen LogP contribution is 2.37. The lowest BCUT2D eigenvalue weighted by Gasteiger charge is -2.13. The molecule has 3 aromatic carbocycles. The molecule has 0 radical (unpaired) electrons. The lowest BCUT2D eigenvalue weighted by atomic mass is 10.1. The maximum Gasteiger partial charge on any atom is 0.162 e. The Morgan fingerprint density at radius 3 is 2.42 bits per heavy atom.